The molecule has 0 aromatic carbocycles. The molecule has 0 fully saturated rings. The molecule has 12 heavy (non-hydrogen) atoms. The van der Waals surface area contributed by atoms with Crippen molar-refractivity contribution >= 4 is 22.4 Å². The molecule has 0 aromatic rings. The topological polar surface area (TPSA) is 17.1 Å². The van der Waals surface area contributed by atoms with Crippen molar-refractivity contribution in [3.8, 4) is 0 Å². The van der Waals surface area contributed by atoms with Gasteiger partial charge in [-0.3, -0.25) is 4.21 Å². The maximum Gasteiger partial charge on any atom is 0.390 e. The second-order valence-corrected chi connectivity index (χ2v) is 4.33. The molecule has 0 radical (unpaired) electrons. The molecular formula is C6H10ClF3OS. The standard InChI is InChI=1S/C6H10ClF3OS/c7-3-1-4-12(11)5-2-6(8,9)10/h1-5H2. The van der Waals surface area contributed by atoms with Crippen LogP contribution in [0.3, 0.4) is 0 Å². The fraction of sp³-hybridized carbons (Fsp3) is 1.00. The average Bonchev–Trinajstić information content (AvgIpc) is 1.95. The summed E-state index contributed by atoms with van der Waals surface area (Å²) >= 11 is 5.28. The van der Waals surface area contributed by atoms with Crippen LogP contribution < -0.4 is 0 Å². The number of rotatable bonds is 5. The SMILES string of the molecule is O=S(CCCCl)CCC(F)(F)F. The Bertz CT molecular complexity index is 148. The van der Waals surface area contributed by atoms with Gasteiger partial charge in [-0.25, -0.2) is 0 Å². The summed E-state index contributed by atoms with van der Waals surface area (Å²) < 4.78 is 45.5. The molecule has 6 heteroatoms. The van der Waals surface area contributed by atoms with Crippen LogP contribution in [-0.4, -0.2) is 27.8 Å². The lowest BCUT2D eigenvalue weighted by molar-refractivity contribution is -0.129. The highest BCUT2D eigenvalue weighted by molar-refractivity contribution is 7.84. The third kappa shape index (κ3) is 8.33. The second-order valence-electron chi connectivity index (χ2n) is 2.26. The number of hydrogen-bond donors (Lipinski definition) is 0. The van der Waals surface area contributed by atoms with E-state index >= 15 is 0 Å². The van der Waals surface area contributed by atoms with E-state index in [0.29, 0.717) is 12.3 Å². The van der Waals surface area contributed by atoms with Crippen molar-refractivity contribution in [2.45, 2.75) is 19.0 Å². The smallest absolute Gasteiger partial charge is 0.260 e. The van der Waals surface area contributed by atoms with Crippen molar-refractivity contribution in [1.29, 1.82) is 0 Å². The van der Waals surface area contributed by atoms with E-state index in [1.807, 2.05) is 0 Å². The van der Waals surface area contributed by atoms with Gasteiger partial charge in [0, 0.05) is 28.2 Å². The van der Waals surface area contributed by atoms with Crippen LogP contribution in [0.5, 0.6) is 0 Å². The Morgan fingerprint density at radius 3 is 2.25 bits per heavy atom. The summed E-state index contributed by atoms with van der Waals surface area (Å²) in [6, 6.07) is 0. The summed E-state index contributed by atoms with van der Waals surface area (Å²) in [7, 11) is -1.37. The van der Waals surface area contributed by atoms with Crippen molar-refractivity contribution in [2.75, 3.05) is 17.4 Å². The molecule has 0 N–H and O–H groups in total. The van der Waals surface area contributed by atoms with Crippen molar-refractivity contribution in [3.05, 3.63) is 0 Å². The summed E-state index contributed by atoms with van der Waals surface area (Å²) in [5.41, 5.74) is 0. The highest BCUT2D eigenvalue weighted by Crippen LogP contribution is 2.19. The van der Waals surface area contributed by atoms with E-state index in [2.05, 4.69) is 0 Å². The zero-order valence-electron chi connectivity index (χ0n) is 6.36. The number of alkyl halides is 4. The summed E-state index contributed by atoms with van der Waals surface area (Å²) in [5.74, 6) is 0.303. The summed E-state index contributed by atoms with van der Waals surface area (Å²) in [6.07, 6.45) is -4.66. The molecule has 0 heterocycles. The van der Waals surface area contributed by atoms with E-state index in [0.717, 1.165) is 0 Å². The largest absolute Gasteiger partial charge is 0.390 e. The molecule has 74 valence electrons. The average molecular weight is 223 g/mol. The van der Waals surface area contributed by atoms with Crippen LogP contribution in [-0.2, 0) is 10.8 Å². The van der Waals surface area contributed by atoms with E-state index in [-0.39, 0.29) is 11.5 Å². The quantitative estimate of drug-likeness (QED) is 0.653. The van der Waals surface area contributed by atoms with Crippen LogP contribution in [0.25, 0.3) is 0 Å². The summed E-state index contributed by atoms with van der Waals surface area (Å²) in [4.78, 5) is 0. The van der Waals surface area contributed by atoms with Gasteiger partial charge < -0.3 is 0 Å². The Hall–Kier alpha value is 0.230. The Morgan fingerprint density at radius 1 is 1.25 bits per heavy atom. The van der Waals surface area contributed by atoms with E-state index < -0.39 is 23.4 Å². The molecule has 1 nitrogen and oxygen atoms in total. The van der Waals surface area contributed by atoms with Crippen molar-refractivity contribution < 1.29 is 17.4 Å². The van der Waals surface area contributed by atoms with Gasteiger partial charge in [-0.15, -0.1) is 11.6 Å². The van der Waals surface area contributed by atoms with Gasteiger partial charge in [0.25, 0.3) is 0 Å². The molecule has 0 aliphatic rings. The predicted octanol–water partition coefficient (Wildman–Crippen LogP) is 2.32. The lowest BCUT2D eigenvalue weighted by Gasteiger charge is -2.04. The molecule has 0 aliphatic heterocycles. The molecule has 0 aliphatic carbocycles. The van der Waals surface area contributed by atoms with E-state index in [1.54, 1.807) is 0 Å². The fourth-order valence-corrected chi connectivity index (χ4v) is 1.97. The second kappa shape index (κ2) is 5.80. The van der Waals surface area contributed by atoms with E-state index in [9.17, 15) is 17.4 Å². The Labute approximate surface area is 76.7 Å². The molecule has 0 spiro atoms. The Morgan fingerprint density at radius 2 is 1.83 bits per heavy atom. The maximum absolute atomic E-state index is 11.6. The summed E-state index contributed by atoms with van der Waals surface area (Å²) in [5, 5.41) is 0. The van der Waals surface area contributed by atoms with E-state index in [1.165, 1.54) is 0 Å². The van der Waals surface area contributed by atoms with Crippen LogP contribution in [0.15, 0.2) is 0 Å². The molecule has 0 aromatic heterocycles. The lowest BCUT2D eigenvalue weighted by Crippen LogP contribution is -2.14. The number of hydrogen-bond acceptors (Lipinski definition) is 1. The van der Waals surface area contributed by atoms with Crippen molar-refractivity contribution in [1.82, 2.24) is 0 Å². The first kappa shape index (κ1) is 12.2. The third-order valence-electron chi connectivity index (χ3n) is 1.12. The summed E-state index contributed by atoms with van der Waals surface area (Å²) in [6.45, 7) is 0. The molecule has 1 atom stereocenters. The first-order valence-electron chi connectivity index (χ1n) is 3.43. The van der Waals surface area contributed by atoms with Gasteiger partial charge >= 0.3 is 6.18 Å². The normalized spacial score (nSPS) is 14.7. The molecule has 0 saturated carbocycles. The van der Waals surface area contributed by atoms with Crippen molar-refractivity contribution in [3.63, 3.8) is 0 Å². The van der Waals surface area contributed by atoms with Gasteiger partial charge in [0.05, 0.1) is 6.42 Å². The first-order chi connectivity index (χ1) is 5.45. The minimum Gasteiger partial charge on any atom is -0.260 e. The van der Waals surface area contributed by atoms with Gasteiger partial charge in [-0.1, -0.05) is 0 Å². The molecule has 0 bridgehead atoms. The van der Waals surface area contributed by atoms with Crippen molar-refractivity contribution in [2.24, 2.45) is 0 Å². The van der Waals surface area contributed by atoms with Gasteiger partial charge in [0.2, 0.25) is 0 Å². The molecular weight excluding hydrogens is 213 g/mol. The van der Waals surface area contributed by atoms with E-state index in [4.69, 9.17) is 11.6 Å². The zero-order valence-corrected chi connectivity index (χ0v) is 7.94. The Kier molecular flexibility index (Phi) is 5.92. The van der Waals surface area contributed by atoms with Crippen LogP contribution in [0.2, 0.25) is 0 Å². The van der Waals surface area contributed by atoms with Gasteiger partial charge in [-0.2, -0.15) is 13.2 Å². The number of halogens is 4. The zero-order chi connectivity index (χ0) is 9.61. The maximum atomic E-state index is 11.6. The molecule has 0 rings (SSSR count). The highest BCUT2D eigenvalue weighted by Gasteiger charge is 2.27. The van der Waals surface area contributed by atoms with Gasteiger partial charge in [-0.05, 0) is 6.42 Å². The molecule has 0 saturated heterocycles. The first-order valence-corrected chi connectivity index (χ1v) is 5.45. The highest BCUT2D eigenvalue weighted by atomic mass is 35.5. The monoisotopic (exact) mass is 222 g/mol. The minimum absolute atomic E-state index is 0.263. The van der Waals surface area contributed by atoms with Gasteiger partial charge in [0.1, 0.15) is 0 Å². The van der Waals surface area contributed by atoms with Crippen LogP contribution >= 0.6 is 11.6 Å². The molecule has 0 amide bonds. The van der Waals surface area contributed by atoms with Crippen LogP contribution in [0.1, 0.15) is 12.8 Å². The minimum atomic E-state index is -4.20. The van der Waals surface area contributed by atoms with Crippen LogP contribution in [0, 0.1) is 0 Å². The fourth-order valence-electron chi connectivity index (χ4n) is 0.547. The van der Waals surface area contributed by atoms with Gasteiger partial charge in [0.15, 0.2) is 0 Å². The molecule has 1 unspecified atom stereocenters. The predicted molar refractivity (Wildman–Crippen MR) is 43.9 cm³/mol. The lowest BCUT2D eigenvalue weighted by atomic mass is 10.5. The third-order valence-corrected chi connectivity index (χ3v) is 2.79. The Balaban J connectivity index is 3.44. The van der Waals surface area contributed by atoms with Crippen LogP contribution in [0.4, 0.5) is 13.2 Å².